The Labute approximate surface area is 102 Å². The highest BCUT2D eigenvalue weighted by atomic mass is 16.7. The van der Waals surface area contributed by atoms with Crippen molar-refractivity contribution in [2.24, 2.45) is 0 Å². The van der Waals surface area contributed by atoms with E-state index in [-0.39, 0.29) is 18.0 Å². The minimum absolute atomic E-state index is 0.213. The number of carbonyl (C=O) groups excluding carboxylic acids is 2. The Balaban J connectivity index is 2.61. The SMILES string of the molecule is CCN(C(=O)ON1CCNCC1=O)C(C)(C)C. The second-order valence-corrected chi connectivity index (χ2v) is 4.94. The van der Waals surface area contributed by atoms with Gasteiger partial charge in [-0.2, -0.15) is 5.06 Å². The van der Waals surface area contributed by atoms with Gasteiger partial charge in [-0.3, -0.25) is 4.79 Å². The number of amides is 2. The molecule has 1 heterocycles. The number of hydroxylamine groups is 2. The van der Waals surface area contributed by atoms with E-state index >= 15 is 0 Å². The fraction of sp³-hybridized carbons (Fsp3) is 0.818. The van der Waals surface area contributed by atoms with Crippen LogP contribution in [-0.4, -0.2) is 53.7 Å². The molecule has 1 N–H and O–H groups in total. The van der Waals surface area contributed by atoms with E-state index < -0.39 is 6.09 Å². The van der Waals surface area contributed by atoms with Crippen molar-refractivity contribution in [2.75, 3.05) is 26.2 Å². The molecule has 6 nitrogen and oxygen atoms in total. The topological polar surface area (TPSA) is 61.9 Å². The molecule has 0 aromatic rings. The van der Waals surface area contributed by atoms with Crippen molar-refractivity contribution >= 4 is 12.0 Å². The fourth-order valence-corrected chi connectivity index (χ4v) is 1.71. The summed E-state index contributed by atoms with van der Waals surface area (Å²) in [5.74, 6) is -0.213. The van der Waals surface area contributed by atoms with Crippen molar-refractivity contribution in [3.8, 4) is 0 Å². The molecule has 0 spiro atoms. The summed E-state index contributed by atoms with van der Waals surface area (Å²) in [6, 6.07) is 0. The van der Waals surface area contributed by atoms with Crippen LogP contribution in [0.25, 0.3) is 0 Å². The summed E-state index contributed by atoms with van der Waals surface area (Å²) in [5, 5.41) is 4.05. The van der Waals surface area contributed by atoms with Crippen LogP contribution in [0.2, 0.25) is 0 Å². The number of hydrogen-bond donors (Lipinski definition) is 1. The number of nitrogens with zero attached hydrogens (tertiary/aromatic N) is 2. The van der Waals surface area contributed by atoms with Gasteiger partial charge in [0.25, 0.3) is 5.91 Å². The highest BCUT2D eigenvalue weighted by molar-refractivity contribution is 5.80. The maximum absolute atomic E-state index is 11.9. The number of nitrogens with one attached hydrogen (secondary N) is 1. The van der Waals surface area contributed by atoms with E-state index in [4.69, 9.17) is 4.84 Å². The third-order valence-corrected chi connectivity index (χ3v) is 2.58. The molecule has 1 aliphatic heterocycles. The summed E-state index contributed by atoms with van der Waals surface area (Å²) in [5.41, 5.74) is -0.317. The molecule has 98 valence electrons. The molecule has 0 aromatic carbocycles. The van der Waals surface area contributed by atoms with Crippen LogP contribution in [0.1, 0.15) is 27.7 Å². The molecule has 0 bridgehead atoms. The average Bonchev–Trinajstić information content (AvgIpc) is 2.20. The monoisotopic (exact) mass is 243 g/mol. The van der Waals surface area contributed by atoms with E-state index in [2.05, 4.69) is 5.32 Å². The predicted molar refractivity (Wildman–Crippen MR) is 63.2 cm³/mol. The number of carbonyl (C=O) groups is 2. The standard InChI is InChI=1S/C11H21N3O3/c1-5-13(11(2,3)4)10(16)17-14-7-6-12-8-9(14)15/h12H,5-8H2,1-4H3. The van der Waals surface area contributed by atoms with Gasteiger partial charge in [-0.25, -0.2) is 4.79 Å². The Morgan fingerprint density at radius 2 is 2.18 bits per heavy atom. The molecule has 1 aliphatic rings. The molecule has 1 fully saturated rings. The lowest BCUT2D eigenvalue weighted by Gasteiger charge is -2.35. The Morgan fingerprint density at radius 3 is 2.65 bits per heavy atom. The highest BCUT2D eigenvalue weighted by Crippen LogP contribution is 2.15. The second-order valence-electron chi connectivity index (χ2n) is 4.94. The third-order valence-electron chi connectivity index (χ3n) is 2.58. The van der Waals surface area contributed by atoms with Crippen LogP contribution in [-0.2, 0) is 9.63 Å². The van der Waals surface area contributed by atoms with Crippen LogP contribution >= 0.6 is 0 Å². The molecule has 0 unspecified atom stereocenters. The average molecular weight is 243 g/mol. The summed E-state index contributed by atoms with van der Waals surface area (Å²) < 4.78 is 0. The molecule has 0 atom stereocenters. The highest BCUT2D eigenvalue weighted by Gasteiger charge is 2.30. The maximum Gasteiger partial charge on any atom is 0.434 e. The van der Waals surface area contributed by atoms with Crippen LogP contribution in [0.4, 0.5) is 4.79 Å². The van der Waals surface area contributed by atoms with Crippen LogP contribution in [0.3, 0.4) is 0 Å². The Hall–Kier alpha value is -1.30. The van der Waals surface area contributed by atoms with Gasteiger partial charge in [0.1, 0.15) is 0 Å². The lowest BCUT2D eigenvalue weighted by atomic mass is 10.1. The van der Waals surface area contributed by atoms with E-state index in [0.29, 0.717) is 19.6 Å². The first kappa shape index (κ1) is 13.8. The van der Waals surface area contributed by atoms with Crippen molar-refractivity contribution in [1.82, 2.24) is 15.3 Å². The van der Waals surface area contributed by atoms with Crippen molar-refractivity contribution in [2.45, 2.75) is 33.2 Å². The second kappa shape index (κ2) is 5.35. The van der Waals surface area contributed by atoms with Gasteiger partial charge in [-0.05, 0) is 27.7 Å². The fourth-order valence-electron chi connectivity index (χ4n) is 1.71. The molecule has 0 radical (unpaired) electrons. The number of piperazine rings is 1. The lowest BCUT2D eigenvalue weighted by molar-refractivity contribution is -0.172. The molecular formula is C11H21N3O3. The minimum atomic E-state index is -0.477. The van der Waals surface area contributed by atoms with Gasteiger partial charge >= 0.3 is 6.09 Å². The van der Waals surface area contributed by atoms with Crippen molar-refractivity contribution in [3.05, 3.63) is 0 Å². The maximum atomic E-state index is 11.9. The summed E-state index contributed by atoms with van der Waals surface area (Å²) in [7, 11) is 0. The Morgan fingerprint density at radius 1 is 1.53 bits per heavy atom. The zero-order valence-electron chi connectivity index (χ0n) is 10.9. The zero-order chi connectivity index (χ0) is 13.1. The Bertz CT molecular complexity index is 299. The summed E-state index contributed by atoms with van der Waals surface area (Å²) in [4.78, 5) is 30.1. The van der Waals surface area contributed by atoms with E-state index in [1.54, 1.807) is 4.90 Å². The summed E-state index contributed by atoms with van der Waals surface area (Å²) in [6.07, 6.45) is -0.477. The first-order chi connectivity index (χ1) is 7.86. The van der Waals surface area contributed by atoms with E-state index in [1.807, 2.05) is 27.7 Å². The number of rotatable bonds is 2. The van der Waals surface area contributed by atoms with E-state index in [1.165, 1.54) is 0 Å². The molecule has 2 amide bonds. The quantitative estimate of drug-likeness (QED) is 0.771. The largest absolute Gasteiger partial charge is 0.434 e. The molecular weight excluding hydrogens is 222 g/mol. The third kappa shape index (κ3) is 3.59. The summed E-state index contributed by atoms with van der Waals surface area (Å²) in [6.45, 7) is 9.46. The molecule has 17 heavy (non-hydrogen) atoms. The smallest absolute Gasteiger partial charge is 0.319 e. The van der Waals surface area contributed by atoms with Gasteiger partial charge in [0.05, 0.1) is 13.1 Å². The first-order valence-electron chi connectivity index (χ1n) is 5.87. The van der Waals surface area contributed by atoms with Gasteiger partial charge < -0.3 is 15.1 Å². The molecule has 0 aromatic heterocycles. The molecule has 1 saturated heterocycles. The van der Waals surface area contributed by atoms with Gasteiger partial charge in [0.15, 0.2) is 0 Å². The normalized spacial score (nSPS) is 16.9. The molecule has 0 aliphatic carbocycles. The molecule has 6 heteroatoms. The van der Waals surface area contributed by atoms with Crippen LogP contribution in [0.5, 0.6) is 0 Å². The van der Waals surface area contributed by atoms with Gasteiger partial charge in [-0.15, -0.1) is 0 Å². The molecule has 0 saturated carbocycles. The summed E-state index contributed by atoms with van der Waals surface area (Å²) >= 11 is 0. The van der Waals surface area contributed by atoms with E-state index in [9.17, 15) is 9.59 Å². The van der Waals surface area contributed by atoms with Crippen molar-refractivity contribution in [3.63, 3.8) is 0 Å². The van der Waals surface area contributed by atoms with Gasteiger partial charge in [0, 0.05) is 18.6 Å². The van der Waals surface area contributed by atoms with Crippen LogP contribution < -0.4 is 5.32 Å². The lowest BCUT2D eigenvalue weighted by Crippen LogP contribution is -2.53. The van der Waals surface area contributed by atoms with Crippen LogP contribution in [0.15, 0.2) is 0 Å². The van der Waals surface area contributed by atoms with Crippen LogP contribution in [0, 0.1) is 0 Å². The minimum Gasteiger partial charge on any atom is -0.319 e. The van der Waals surface area contributed by atoms with Crippen molar-refractivity contribution < 1.29 is 14.4 Å². The number of hydrogen-bond acceptors (Lipinski definition) is 4. The first-order valence-corrected chi connectivity index (χ1v) is 5.87. The molecule has 1 rings (SSSR count). The van der Waals surface area contributed by atoms with Gasteiger partial charge in [-0.1, -0.05) is 0 Å². The van der Waals surface area contributed by atoms with Crippen molar-refractivity contribution in [1.29, 1.82) is 0 Å². The predicted octanol–water partition coefficient (Wildman–Crippen LogP) is 0.590. The van der Waals surface area contributed by atoms with E-state index in [0.717, 1.165) is 5.06 Å². The zero-order valence-corrected chi connectivity index (χ0v) is 10.9. The van der Waals surface area contributed by atoms with Gasteiger partial charge in [0.2, 0.25) is 0 Å². The Kier molecular flexibility index (Phi) is 4.34.